The first-order valence-corrected chi connectivity index (χ1v) is 5.29. The summed E-state index contributed by atoms with van der Waals surface area (Å²) in [7, 11) is 0. The van der Waals surface area contributed by atoms with E-state index in [0.29, 0.717) is 18.8 Å². The van der Waals surface area contributed by atoms with Gasteiger partial charge in [0.25, 0.3) is 0 Å². The molecule has 0 radical (unpaired) electrons. The van der Waals surface area contributed by atoms with E-state index in [9.17, 15) is 0 Å². The Morgan fingerprint density at radius 3 is 2.62 bits per heavy atom. The van der Waals surface area contributed by atoms with Crippen molar-refractivity contribution in [1.82, 2.24) is 0 Å². The number of nitrogens with one attached hydrogen (secondary N) is 1. The van der Waals surface area contributed by atoms with E-state index in [4.69, 9.17) is 15.1 Å². The molecule has 0 saturated heterocycles. The van der Waals surface area contributed by atoms with Crippen LogP contribution in [-0.4, -0.2) is 31.5 Å². The number of benzene rings is 1. The number of aliphatic hydroxyl groups excluding tert-OH is 1. The largest absolute Gasteiger partial charge is 0.394 e. The van der Waals surface area contributed by atoms with Gasteiger partial charge in [-0.25, -0.2) is 0 Å². The number of ether oxygens (including phenoxy) is 1. The molecule has 0 saturated carbocycles. The number of anilines is 1. The van der Waals surface area contributed by atoms with Gasteiger partial charge in [0, 0.05) is 18.8 Å². The van der Waals surface area contributed by atoms with Crippen LogP contribution in [0.2, 0.25) is 0 Å². The molecule has 0 unspecified atom stereocenters. The molecular formula is C12H16N2O2. The van der Waals surface area contributed by atoms with Crippen LogP contribution in [0.3, 0.4) is 0 Å². The Hall–Kier alpha value is -1.57. The highest BCUT2D eigenvalue weighted by molar-refractivity contribution is 5.46. The molecule has 1 aromatic carbocycles. The molecule has 0 heterocycles. The zero-order valence-corrected chi connectivity index (χ0v) is 9.15. The second-order valence-electron chi connectivity index (χ2n) is 3.31. The molecule has 0 bridgehead atoms. The molecule has 16 heavy (non-hydrogen) atoms. The van der Waals surface area contributed by atoms with Gasteiger partial charge in [0.15, 0.2) is 0 Å². The van der Waals surface area contributed by atoms with Gasteiger partial charge in [-0.05, 0) is 30.7 Å². The first kappa shape index (κ1) is 12.5. The molecular weight excluding hydrogens is 204 g/mol. The van der Waals surface area contributed by atoms with Crippen LogP contribution in [0.5, 0.6) is 0 Å². The van der Waals surface area contributed by atoms with Crippen molar-refractivity contribution in [3.63, 3.8) is 0 Å². The molecule has 0 spiro atoms. The van der Waals surface area contributed by atoms with Crippen molar-refractivity contribution < 1.29 is 9.84 Å². The quantitative estimate of drug-likeness (QED) is 0.681. The van der Waals surface area contributed by atoms with Gasteiger partial charge in [-0.3, -0.25) is 0 Å². The lowest BCUT2D eigenvalue weighted by Crippen LogP contribution is -2.07. The molecule has 0 aromatic heterocycles. The average molecular weight is 220 g/mol. The Kier molecular flexibility index (Phi) is 6.00. The Morgan fingerprint density at radius 1 is 1.25 bits per heavy atom. The van der Waals surface area contributed by atoms with Gasteiger partial charge in [0.05, 0.1) is 24.8 Å². The van der Waals surface area contributed by atoms with Crippen molar-refractivity contribution in [2.75, 3.05) is 31.7 Å². The maximum atomic E-state index is 8.62. The summed E-state index contributed by atoms with van der Waals surface area (Å²) in [5.74, 6) is 0. The van der Waals surface area contributed by atoms with Crippen LogP contribution in [0, 0.1) is 11.3 Å². The molecule has 4 heteroatoms. The number of nitrogens with zero attached hydrogens (tertiary/aromatic N) is 1. The molecule has 0 aliphatic heterocycles. The van der Waals surface area contributed by atoms with Gasteiger partial charge >= 0.3 is 0 Å². The molecule has 0 aliphatic rings. The summed E-state index contributed by atoms with van der Waals surface area (Å²) in [5, 5.41) is 20.3. The van der Waals surface area contributed by atoms with Gasteiger partial charge in [-0.2, -0.15) is 5.26 Å². The van der Waals surface area contributed by atoms with Gasteiger partial charge in [0.2, 0.25) is 0 Å². The van der Waals surface area contributed by atoms with Crippen LogP contribution >= 0.6 is 0 Å². The van der Waals surface area contributed by atoms with Crippen molar-refractivity contribution >= 4 is 5.69 Å². The summed E-state index contributed by atoms with van der Waals surface area (Å²) in [6, 6.07) is 9.40. The summed E-state index contributed by atoms with van der Waals surface area (Å²) >= 11 is 0. The predicted molar refractivity (Wildman–Crippen MR) is 62.2 cm³/mol. The van der Waals surface area contributed by atoms with Gasteiger partial charge in [-0.1, -0.05) is 0 Å². The van der Waals surface area contributed by atoms with E-state index in [1.54, 1.807) is 12.1 Å². The van der Waals surface area contributed by atoms with E-state index in [1.807, 2.05) is 12.1 Å². The van der Waals surface area contributed by atoms with Crippen molar-refractivity contribution in [3.8, 4) is 6.07 Å². The number of hydrogen-bond acceptors (Lipinski definition) is 4. The zero-order chi connectivity index (χ0) is 11.6. The van der Waals surface area contributed by atoms with E-state index in [2.05, 4.69) is 11.4 Å². The topological polar surface area (TPSA) is 65.3 Å². The second-order valence-corrected chi connectivity index (χ2v) is 3.31. The van der Waals surface area contributed by atoms with Crippen LogP contribution in [-0.2, 0) is 4.74 Å². The van der Waals surface area contributed by atoms with Crippen molar-refractivity contribution in [1.29, 1.82) is 5.26 Å². The van der Waals surface area contributed by atoms with Gasteiger partial charge in [0.1, 0.15) is 0 Å². The van der Waals surface area contributed by atoms with Crippen LogP contribution in [0.4, 0.5) is 5.69 Å². The number of nitriles is 1. The lowest BCUT2D eigenvalue weighted by Gasteiger charge is -2.06. The fourth-order valence-electron chi connectivity index (χ4n) is 1.24. The number of hydrogen-bond donors (Lipinski definition) is 2. The van der Waals surface area contributed by atoms with Crippen molar-refractivity contribution in [2.24, 2.45) is 0 Å². The Morgan fingerprint density at radius 2 is 2.00 bits per heavy atom. The lowest BCUT2D eigenvalue weighted by atomic mass is 10.2. The maximum absolute atomic E-state index is 8.62. The van der Waals surface area contributed by atoms with Crippen LogP contribution in [0.15, 0.2) is 24.3 Å². The predicted octanol–water partition coefficient (Wildman–Crippen LogP) is 1.37. The van der Waals surface area contributed by atoms with Crippen molar-refractivity contribution in [2.45, 2.75) is 6.42 Å². The molecule has 0 aliphatic carbocycles. The number of rotatable bonds is 7. The third-order valence-corrected chi connectivity index (χ3v) is 2.04. The normalized spacial score (nSPS) is 9.75. The third-order valence-electron chi connectivity index (χ3n) is 2.04. The summed E-state index contributed by atoms with van der Waals surface area (Å²) in [6.45, 7) is 1.93. The maximum Gasteiger partial charge on any atom is 0.0991 e. The number of aliphatic hydroxyl groups is 1. The third kappa shape index (κ3) is 4.78. The molecule has 0 amide bonds. The minimum Gasteiger partial charge on any atom is -0.394 e. The van der Waals surface area contributed by atoms with E-state index >= 15 is 0 Å². The highest BCUT2D eigenvalue weighted by atomic mass is 16.5. The molecule has 2 N–H and O–H groups in total. The SMILES string of the molecule is N#Cc1ccc(NCCCOCCO)cc1. The van der Waals surface area contributed by atoms with Crippen LogP contribution in [0.1, 0.15) is 12.0 Å². The van der Waals surface area contributed by atoms with Gasteiger partial charge in [-0.15, -0.1) is 0 Å². The minimum absolute atomic E-state index is 0.0725. The van der Waals surface area contributed by atoms with Crippen LogP contribution in [0.25, 0.3) is 0 Å². The van der Waals surface area contributed by atoms with E-state index in [1.165, 1.54) is 0 Å². The molecule has 4 nitrogen and oxygen atoms in total. The molecule has 86 valence electrons. The highest BCUT2D eigenvalue weighted by Gasteiger charge is 1.93. The molecule has 1 aromatic rings. The van der Waals surface area contributed by atoms with Crippen LogP contribution < -0.4 is 5.32 Å². The fraction of sp³-hybridized carbons (Fsp3) is 0.417. The Bertz CT molecular complexity index is 330. The zero-order valence-electron chi connectivity index (χ0n) is 9.15. The van der Waals surface area contributed by atoms with Crippen molar-refractivity contribution in [3.05, 3.63) is 29.8 Å². The Balaban J connectivity index is 2.15. The van der Waals surface area contributed by atoms with E-state index in [0.717, 1.165) is 18.7 Å². The smallest absolute Gasteiger partial charge is 0.0991 e. The Labute approximate surface area is 95.5 Å². The molecule has 0 atom stereocenters. The first-order valence-electron chi connectivity index (χ1n) is 5.29. The summed E-state index contributed by atoms with van der Waals surface area (Å²) < 4.78 is 5.12. The summed E-state index contributed by atoms with van der Waals surface area (Å²) in [6.07, 6.45) is 0.889. The lowest BCUT2D eigenvalue weighted by molar-refractivity contribution is 0.0922. The molecule has 0 fully saturated rings. The van der Waals surface area contributed by atoms with E-state index in [-0.39, 0.29) is 6.61 Å². The first-order chi connectivity index (χ1) is 7.86. The highest BCUT2D eigenvalue weighted by Crippen LogP contribution is 2.08. The molecule has 1 rings (SSSR count). The average Bonchev–Trinajstić information content (AvgIpc) is 2.34. The van der Waals surface area contributed by atoms with Gasteiger partial charge < -0.3 is 15.2 Å². The summed E-state index contributed by atoms with van der Waals surface area (Å²) in [5.41, 5.74) is 1.66. The second kappa shape index (κ2) is 7.69. The summed E-state index contributed by atoms with van der Waals surface area (Å²) in [4.78, 5) is 0. The minimum atomic E-state index is 0.0725. The monoisotopic (exact) mass is 220 g/mol. The van der Waals surface area contributed by atoms with E-state index < -0.39 is 0 Å². The fourth-order valence-corrected chi connectivity index (χ4v) is 1.24. The standard InChI is InChI=1S/C12H16N2O2/c13-10-11-2-4-12(5-3-11)14-6-1-8-16-9-7-15/h2-5,14-15H,1,6-9H2.